The first-order valence-corrected chi connectivity index (χ1v) is 27.4. The van der Waals surface area contributed by atoms with E-state index in [1.165, 1.54) is 5.57 Å². The van der Waals surface area contributed by atoms with E-state index in [4.69, 9.17) is 48.4 Å². The van der Waals surface area contributed by atoms with E-state index in [0.717, 1.165) is 6.42 Å². The van der Waals surface area contributed by atoms with Gasteiger partial charge in [0.1, 0.15) is 6.10 Å². The molecule has 0 unspecified atom stereocenters. The molecule has 8 atom stereocenters. The third kappa shape index (κ3) is 15.4. The fraction of sp³-hybridized carbons (Fsp3) is 0.773. The van der Waals surface area contributed by atoms with Gasteiger partial charge in [-0.1, -0.05) is 218 Å². The Labute approximate surface area is 374 Å². The van der Waals surface area contributed by atoms with Crippen LogP contribution in [0, 0.1) is 29.6 Å². The molecule has 0 saturated heterocycles. The van der Waals surface area contributed by atoms with E-state index in [9.17, 15) is 9.59 Å². The number of rotatable bonds is 23. The summed E-state index contributed by atoms with van der Waals surface area (Å²) in [4.78, 5) is 25.7. The van der Waals surface area contributed by atoms with Crippen LogP contribution >= 0.6 is 57.4 Å². The lowest BCUT2D eigenvalue weighted by atomic mass is 9.81. The molecular weight excluding hydrogens is 912 g/mol. The highest BCUT2D eigenvalue weighted by molar-refractivity contribution is 14.1. The molecule has 0 saturated carbocycles. The van der Waals surface area contributed by atoms with Gasteiger partial charge in [0.15, 0.2) is 0 Å². The Morgan fingerprint density at radius 1 is 0.679 bits per heavy atom. The molecule has 0 fully saturated rings. The predicted octanol–water partition coefficient (Wildman–Crippen LogP) is 15.3. The molecule has 6 nitrogen and oxygen atoms in total. The van der Waals surface area contributed by atoms with Gasteiger partial charge in [-0.15, -0.1) is 0 Å². The zero-order valence-electron chi connectivity index (χ0n) is 38.0. The zero-order valence-corrected chi connectivity index (χ0v) is 44.4. The maximum atomic E-state index is 13.3. The third-order valence-corrected chi connectivity index (χ3v) is 25.2. The maximum Gasteiger partial charge on any atom is 0.414 e. The number of amides is 2. The molecule has 12 heteroatoms. The van der Waals surface area contributed by atoms with Crippen molar-refractivity contribution in [2.75, 3.05) is 0 Å². The summed E-state index contributed by atoms with van der Waals surface area (Å²) >= 11 is 19.7. The normalized spacial score (nSPS) is 18.2. The second-order valence-electron chi connectivity index (χ2n) is 18.2. The highest BCUT2D eigenvalue weighted by atomic mass is 127. The van der Waals surface area contributed by atoms with Crippen LogP contribution in [0.4, 0.5) is 4.79 Å². The van der Waals surface area contributed by atoms with Crippen molar-refractivity contribution in [2.45, 2.75) is 186 Å². The number of ether oxygens (including phenoxy) is 1. The SMILES string of the molecule is C=C/C=C\[C@@H](C)[C@@H](OC(=O)NC(=O)C(Cl)(Cl)Cl)[C@H](C)[C@@H](O[Si](C(C)C)(C(C)C)C(C)C)[C@H](C)C/C(C)=C\[C@@H](C)[C@H](O[Si](C(C)C)(C(C)C)C(C)C)[C@H](C)/C=C\I. The average molecular weight is 992 g/mol. The van der Waals surface area contributed by atoms with Gasteiger partial charge in [-0.25, -0.2) is 4.79 Å². The summed E-state index contributed by atoms with van der Waals surface area (Å²) in [7, 11) is -4.61. The van der Waals surface area contributed by atoms with Crippen molar-refractivity contribution in [1.82, 2.24) is 5.32 Å². The maximum absolute atomic E-state index is 13.3. The lowest BCUT2D eigenvalue weighted by Gasteiger charge is -2.48. The molecule has 0 radical (unpaired) electrons. The second-order valence-corrected chi connectivity index (χ2v) is 32.0. The van der Waals surface area contributed by atoms with Crippen LogP contribution in [0.1, 0.15) is 131 Å². The fourth-order valence-corrected chi connectivity index (χ4v) is 22.0. The zero-order chi connectivity index (χ0) is 44.1. The Bertz CT molecular complexity index is 1270. The number of alkyl carbamates (subject to hydrolysis) is 1. The first-order chi connectivity index (χ1) is 25.6. The van der Waals surface area contributed by atoms with Gasteiger partial charge in [-0.05, 0) is 62.5 Å². The molecule has 0 aromatic carbocycles. The van der Waals surface area contributed by atoms with Crippen molar-refractivity contribution in [2.24, 2.45) is 29.6 Å². The summed E-state index contributed by atoms with van der Waals surface area (Å²) in [5.41, 5.74) is 3.71. The molecule has 0 aliphatic carbocycles. The number of alkyl halides is 3. The molecule has 0 aliphatic heterocycles. The summed E-state index contributed by atoms with van der Waals surface area (Å²) in [6.07, 6.45) is 9.03. The first-order valence-electron chi connectivity index (χ1n) is 20.8. The molecule has 0 bridgehead atoms. The minimum absolute atomic E-state index is 0.0307. The molecule has 0 aromatic heterocycles. The van der Waals surface area contributed by atoms with Gasteiger partial charge in [0.05, 0.1) is 12.2 Å². The van der Waals surface area contributed by atoms with Crippen LogP contribution in [-0.4, -0.2) is 50.7 Å². The number of carbonyl (C=O) groups is 2. The van der Waals surface area contributed by atoms with E-state index >= 15 is 0 Å². The predicted molar refractivity (Wildman–Crippen MR) is 257 cm³/mol. The van der Waals surface area contributed by atoms with Gasteiger partial charge >= 0.3 is 6.09 Å². The Morgan fingerprint density at radius 3 is 1.46 bits per heavy atom. The highest BCUT2D eigenvalue weighted by Gasteiger charge is 2.50. The Morgan fingerprint density at radius 2 is 1.09 bits per heavy atom. The number of imide groups is 1. The Balaban J connectivity index is 7.36. The standard InChI is InChI=1S/C44H79Cl3INO5Si2/c1-20-21-22-34(15)40(52-43(51)49-42(50)44(45,46)47)38(19)41(54-56(30(8)9,31(10)11)32(12)13)37(18)26-33(14)25-36(17)39(35(16)23-24-48)53-55(27(2)3,28(4)5)29(6)7/h20-25,27-32,34-41H,1,26H2,2-19H3,(H,49,50,51)/b22-21-,24-23-,33-25-/t34-,35-,36-,37-,38+,39-,40-,41+/m1/s1. The first kappa shape index (κ1) is 55.9. The van der Waals surface area contributed by atoms with Gasteiger partial charge in [0, 0.05) is 17.8 Å². The van der Waals surface area contributed by atoms with Crippen LogP contribution in [0.2, 0.25) is 33.2 Å². The van der Waals surface area contributed by atoms with Crippen LogP contribution < -0.4 is 5.32 Å². The monoisotopic (exact) mass is 989 g/mol. The fourth-order valence-electron chi connectivity index (χ4n) is 9.74. The molecule has 56 heavy (non-hydrogen) atoms. The van der Waals surface area contributed by atoms with E-state index < -0.39 is 38.5 Å². The molecule has 0 aliphatic rings. The van der Waals surface area contributed by atoms with Crippen LogP contribution in [0.3, 0.4) is 0 Å². The summed E-state index contributed by atoms with van der Waals surface area (Å²) in [5.74, 6) is -1.16. The van der Waals surface area contributed by atoms with E-state index in [2.05, 4.69) is 168 Å². The lowest BCUT2D eigenvalue weighted by Crippen LogP contribution is -2.54. The van der Waals surface area contributed by atoms with Crippen LogP contribution in [0.25, 0.3) is 0 Å². The minimum Gasteiger partial charge on any atom is -0.445 e. The van der Waals surface area contributed by atoms with Crippen molar-refractivity contribution in [3.8, 4) is 0 Å². The Kier molecular flexibility index (Phi) is 24.9. The number of hydrogen-bond donors (Lipinski definition) is 1. The molecular formula is C44H79Cl3INO5Si2. The van der Waals surface area contributed by atoms with Crippen molar-refractivity contribution in [3.05, 3.63) is 46.6 Å². The summed E-state index contributed by atoms with van der Waals surface area (Å²) in [5, 5.41) is 2.11. The number of hydrogen-bond acceptors (Lipinski definition) is 5. The van der Waals surface area contributed by atoms with Crippen molar-refractivity contribution >= 4 is 86.0 Å². The number of carbonyl (C=O) groups excluding carboxylic acids is 2. The number of halogens is 4. The van der Waals surface area contributed by atoms with Crippen molar-refractivity contribution < 1.29 is 23.2 Å². The molecule has 0 spiro atoms. The Hall–Kier alpha value is -0.146. The lowest BCUT2D eigenvalue weighted by molar-refractivity contribution is -0.120. The summed E-state index contributed by atoms with van der Waals surface area (Å²) < 4.78 is 21.1. The van der Waals surface area contributed by atoms with Crippen LogP contribution in [0.15, 0.2) is 46.6 Å². The molecule has 0 aromatic rings. The highest BCUT2D eigenvalue weighted by Crippen LogP contribution is 2.47. The largest absolute Gasteiger partial charge is 0.445 e. The summed E-state index contributed by atoms with van der Waals surface area (Å²) in [6.45, 7) is 44.7. The molecule has 0 rings (SSSR count). The second kappa shape index (κ2) is 24.9. The molecule has 0 heterocycles. The van der Waals surface area contributed by atoms with Gasteiger partial charge in [-0.3, -0.25) is 10.1 Å². The van der Waals surface area contributed by atoms with Gasteiger partial charge < -0.3 is 13.6 Å². The van der Waals surface area contributed by atoms with Crippen molar-refractivity contribution in [3.63, 3.8) is 0 Å². The molecule has 326 valence electrons. The van der Waals surface area contributed by atoms with E-state index in [1.807, 2.05) is 19.1 Å². The number of nitrogens with one attached hydrogen (secondary N) is 1. The van der Waals surface area contributed by atoms with Gasteiger partial charge in [0.25, 0.3) is 9.70 Å². The van der Waals surface area contributed by atoms with Gasteiger partial charge in [-0.2, -0.15) is 0 Å². The van der Waals surface area contributed by atoms with E-state index in [1.54, 1.807) is 6.08 Å². The van der Waals surface area contributed by atoms with Crippen molar-refractivity contribution in [1.29, 1.82) is 0 Å². The van der Waals surface area contributed by atoms with Gasteiger partial charge in [0.2, 0.25) is 16.6 Å². The molecule has 1 N–H and O–H groups in total. The molecule has 2 amide bonds. The minimum atomic E-state index is -2.44. The van der Waals surface area contributed by atoms with Crippen LogP contribution in [-0.2, 0) is 18.4 Å². The topological polar surface area (TPSA) is 73.9 Å². The smallest absolute Gasteiger partial charge is 0.414 e. The number of allylic oxidation sites excluding steroid dienone is 3. The summed E-state index contributed by atoms with van der Waals surface area (Å²) in [6, 6.07) is 0. The van der Waals surface area contributed by atoms with E-state index in [0.29, 0.717) is 33.2 Å². The quantitative estimate of drug-likeness (QED) is 0.0363. The third-order valence-electron chi connectivity index (χ3n) is 12.1. The average Bonchev–Trinajstić information content (AvgIpc) is 3.05. The van der Waals surface area contributed by atoms with E-state index in [-0.39, 0.29) is 41.8 Å². The van der Waals surface area contributed by atoms with Crippen LogP contribution in [0.5, 0.6) is 0 Å².